The van der Waals surface area contributed by atoms with E-state index in [0.717, 1.165) is 11.1 Å². The van der Waals surface area contributed by atoms with Crippen LogP contribution in [0.25, 0.3) is 0 Å². The van der Waals surface area contributed by atoms with Gasteiger partial charge in [0.1, 0.15) is 12.2 Å². The largest absolute Gasteiger partial charge is 0.452 e. The lowest BCUT2D eigenvalue weighted by Crippen LogP contribution is -2.44. The van der Waals surface area contributed by atoms with Crippen LogP contribution in [0.1, 0.15) is 45.2 Å². The summed E-state index contributed by atoms with van der Waals surface area (Å²) in [6, 6.07) is 16.6. The standard InChI is InChI=1S/C25H30N2O6/c1-24(2,3)33-23(30)27(32-16-18-11-7-6-8-12-18)21(28)15-25(4)17-26(22(29)31-5)20-14-10-9-13-19(20)25/h6-14H,15-17H2,1-5H3. The molecule has 1 heterocycles. The van der Waals surface area contributed by atoms with Crippen molar-refractivity contribution in [2.75, 3.05) is 18.6 Å². The van der Waals surface area contributed by atoms with Crippen LogP contribution in [-0.4, -0.2) is 42.4 Å². The second-order valence-corrected chi connectivity index (χ2v) is 9.24. The van der Waals surface area contributed by atoms with Crippen molar-refractivity contribution in [3.8, 4) is 0 Å². The van der Waals surface area contributed by atoms with E-state index in [4.69, 9.17) is 14.3 Å². The minimum atomic E-state index is -0.886. The molecule has 176 valence electrons. The van der Waals surface area contributed by atoms with Crippen LogP contribution in [0.15, 0.2) is 54.6 Å². The molecular formula is C25H30N2O6. The Morgan fingerprint density at radius 3 is 2.30 bits per heavy atom. The summed E-state index contributed by atoms with van der Waals surface area (Å²) in [4.78, 5) is 45.7. The monoisotopic (exact) mass is 454 g/mol. The van der Waals surface area contributed by atoms with E-state index in [9.17, 15) is 14.4 Å². The normalized spacial score (nSPS) is 17.3. The zero-order chi connectivity index (χ0) is 24.2. The Morgan fingerprint density at radius 1 is 1.03 bits per heavy atom. The van der Waals surface area contributed by atoms with Crippen molar-refractivity contribution in [2.45, 2.75) is 51.7 Å². The molecule has 0 aliphatic carbocycles. The fourth-order valence-electron chi connectivity index (χ4n) is 3.81. The number of imide groups is 1. The van der Waals surface area contributed by atoms with E-state index in [1.165, 1.54) is 12.0 Å². The SMILES string of the molecule is COC(=O)N1CC(C)(CC(=O)N(OCc2ccccc2)C(=O)OC(C)(C)C)c2ccccc21. The summed E-state index contributed by atoms with van der Waals surface area (Å²) in [5.41, 5.74) is 0.730. The van der Waals surface area contributed by atoms with Crippen molar-refractivity contribution in [1.82, 2.24) is 5.06 Å². The van der Waals surface area contributed by atoms with Crippen molar-refractivity contribution in [2.24, 2.45) is 0 Å². The molecule has 0 aromatic heterocycles. The number of carbonyl (C=O) groups excluding carboxylic acids is 3. The van der Waals surface area contributed by atoms with Crippen LogP contribution in [0.2, 0.25) is 0 Å². The molecule has 33 heavy (non-hydrogen) atoms. The van der Waals surface area contributed by atoms with Gasteiger partial charge in [0.25, 0.3) is 5.91 Å². The Balaban J connectivity index is 1.84. The zero-order valence-corrected chi connectivity index (χ0v) is 19.7. The average Bonchev–Trinajstić information content (AvgIpc) is 3.05. The molecule has 2 aromatic rings. The first kappa shape index (κ1) is 24.3. The number of hydroxylamine groups is 2. The number of carbonyl (C=O) groups is 3. The summed E-state index contributed by atoms with van der Waals surface area (Å²) in [7, 11) is 1.31. The minimum Gasteiger partial charge on any atom is -0.452 e. The summed E-state index contributed by atoms with van der Waals surface area (Å²) in [5, 5.41) is 0.687. The fourth-order valence-corrected chi connectivity index (χ4v) is 3.81. The molecule has 8 nitrogen and oxygen atoms in total. The van der Waals surface area contributed by atoms with E-state index < -0.39 is 29.1 Å². The lowest BCUT2D eigenvalue weighted by molar-refractivity contribution is -0.183. The molecule has 2 aromatic carbocycles. The Bertz CT molecular complexity index is 1020. The number of fused-ring (bicyclic) bond motifs is 1. The molecule has 3 amide bonds. The first-order chi connectivity index (χ1) is 15.5. The van der Waals surface area contributed by atoms with Crippen LogP contribution < -0.4 is 4.90 Å². The highest BCUT2D eigenvalue weighted by atomic mass is 16.7. The van der Waals surface area contributed by atoms with Gasteiger partial charge in [0.05, 0.1) is 12.8 Å². The average molecular weight is 455 g/mol. The molecule has 1 aliphatic heterocycles. The van der Waals surface area contributed by atoms with E-state index in [1.807, 2.05) is 55.5 Å². The van der Waals surface area contributed by atoms with E-state index in [0.29, 0.717) is 10.8 Å². The van der Waals surface area contributed by atoms with Gasteiger partial charge in [-0.1, -0.05) is 55.5 Å². The number of hydrogen-bond acceptors (Lipinski definition) is 6. The lowest BCUT2D eigenvalue weighted by Gasteiger charge is -2.29. The van der Waals surface area contributed by atoms with Gasteiger partial charge in [-0.05, 0) is 38.0 Å². The number of anilines is 1. The van der Waals surface area contributed by atoms with E-state index in [-0.39, 0.29) is 19.6 Å². The van der Waals surface area contributed by atoms with Gasteiger partial charge in [-0.25, -0.2) is 9.59 Å². The Morgan fingerprint density at radius 2 is 1.67 bits per heavy atom. The zero-order valence-electron chi connectivity index (χ0n) is 19.7. The Hall–Kier alpha value is -3.39. The highest BCUT2D eigenvalue weighted by Crippen LogP contribution is 2.43. The van der Waals surface area contributed by atoms with Gasteiger partial charge < -0.3 is 9.47 Å². The van der Waals surface area contributed by atoms with E-state index in [1.54, 1.807) is 26.8 Å². The van der Waals surface area contributed by atoms with Gasteiger partial charge in [0.2, 0.25) is 0 Å². The molecule has 1 aliphatic rings. The number of hydrogen-bond donors (Lipinski definition) is 0. The van der Waals surface area contributed by atoms with Crippen molar-refractivity contribution in [1.29, 1.82) is 0 Å². The Labute approximate surface area is 194 Å². The number of benzene rings is 2. The third kappa shape index (κ3) is 5.70. The van der Waals surface area contributed by atoms with E-state index in [2.05, 4.69) is 0 Å². The number of methoxy groups -OCH3 is 1. The lowest BCUT2D eigenvalue weighted by atomic mass is 9.81. The maximum Gasteiger partial charge on any atom is 0.442 e. The maximum atomic E-state index is 13.4. The van der Waals surface area contributed by atoms with Crippen LogP contribution in [0.4, 0.5) is 15.3 Å². The molecule has 8 heteroatoms. The summed E-state index contributed by atoms with van der Waals surface area (Å²) in [5.74, 6) is -0.566. The second-order valence-electron chi connectivity index (χ2n) is 9.24. The van der Waals surface area contributed by atoms with Crippen molar-refractivity contribution < 1.29 is 28.7 Å². The molecule has 0 saturated carbocycles. The number of para-hydroxylation sites is 1. The van der Waals surface area contributed by atoms with Crippen molar-refractivity contribution >= 4 is 23.8 Å². The third-order valence-corrected chi connectivity index (χ3v) is 5.28. The number of nitrogens with zero attached hydrogens (tertiary/aromatic N) is 2. The predicted octanol–water partition coefficient (Wildman–Crippen LogP) is 4.82. The first-order valence-corrected chi connectivity index (χ1v) is 10.7. The van der Waals surface area contributed by atoms with Crippen LogP contribution in [0, 0.1) is 0 Å². The quantitative estimate of drug-likeness (QED) is 0.603. The van der Waals surface area contributed by atoms with Gasteiger partial charge in [-0.3, -0.25) is 14.5 Å². The highest BCUT2D eigenvalue weighted by molar-refractivity contribution is 5.94. The van der Waals surface area contributed by atoms with Gasteiger partial charge >= 0.3 is 12.2 Å². The Kier molecular flexibility index (Phi) is 7.07. The molecule has 1 atom stereocenters. The van der Waals surface area contributed by atoms with Gasteiger partial charge in [0.15, 0.2) is 0 Å². The van der Waals surface area contributed by atoms with Crippen LogP contribution in [0.3, 0.4) is 0 Å². The minimum absolute atomic E-state index is 0.0212. The summed E-state index contributed by atoms with van der Waals surface area (Å²) in [6.45, 7) is 7.27. The fraction of sp³-hybridized carbons (Fsp3) is 0.400. The summed E-state index contributed by atoms with van der Waals surface area (Å²) < 4.78 is 10.3. The molecule has 3 rings (SSSR count). The van der Waals surface area contributed by atoms with Gasteiger partial charge in [0, 0.05) is 18.4 Å². The van der Waals surface area contributed by atoms with Crippen LogP contribution in [-0.2, 0) is 31.1 Å². The van der Waals surface area contributed by atoms with Gasteiger partial charge in [-0.15, -0.1) is 5.06 Å². The molecular weight excluding hydrogens is 424 g/mol. The first-order valence-electron chi connectivity index (χ1n) is 10.7. The highest BCUT2D eigenvalue weighted by Gasteiger charge is 2.45. The molecule has 0 fully saturated rings. The predicted molar refractivity (Wildman–Crippen MR) is 122 cm³/mol. The molecule has 0 saturated heterocycles. The summed E-state index contributed by atoms with van der Waals surface area (Å²) >= 11 is 0. The smallest absolute Gasteiger partial charge is 0.442 e. The van der Waals surface area contributed by atoms with Crippen LogP contribution >= 0.6 is 0 Å². The molecule has 0 spiro atoms. The maximum absolute atomic E-state index is 13.4. The third-order valence-electron chi connectivity index (χ3n) is 5.28. The summed E-state index contributed by atoms with van der Waals surface area (Å²) in [6.07, 6.45) is -1.47. The number of rotatable bonds is 5. The van der Waals surface area contributed by atoms with Crippen LogP contribution in [0.5, 0.6) is 0 Å². The molecule has 0 bridgehead atoms. The van der Waals surface area contributed by atoms with Crippen molar-refractivity contribution in [3.63, 3.8) is 0 Å². The van der Waals surface area contributed by atoms with Crippen molar-refractivity contribution in [3.05, 3.63) is 65.7 Å². The molecule has 0 radical (unpaired) electrons. The second kappa shape index (κ2) is 9.62. The van der Waals surface area contributed by atoms with Gasteiger partial charge in [-0.2, -0.15) is 0 Å². The molecule has 1 unspecified atom stereocenters. The molecule has 0 N–H and O–H groups in total. The number of amides is 3. The topological polar surface area (TPSA) is 85.4 Å². The number of ether oxygens (including phenoxy) is 2. The van der Waals surface area contributed by atoms with E-state index >= 15 is 0 Å².